The molecule has 0 fully saturated rings. The zero-order valence-electron chi connectivity index (χ0n) is 10.1. The van der Waals surface area contributed by atoms with E-state index < -0.39 is 0 Å². The second kappa shape index (κ2) is 7.23. The lowest BCUT2D eigenvalue weighted by molar-refractivity contribution is 0.411. The maximum Gasteiger partial charge on any atom is 0.122 e. The molecule has 0 saturated carbocycles. The smallest absolute Gasteiger partial charge is 0.122 e. The van der Waals surface area contributed by atoms with Gasteiger partial charge in [0.1, 0.15) is 5.75 Å². The van der Waals surface area contributed by atoms with Crippen LogP contribution in [0, 0.1) is 5.92 Å². The molecule has 0 N–H and O–H groups in total. The number of ether oxygens (including phenoxy) is 1. The fourth-order valence-corrected chi connectivity index (χ4v) is 2.96. The number of methoxy groups -OCH3 is 1. The Balaban J connectivity index is 2.55. The summed E-state index contributed by atoms with van der Waals surface area (Å²) >= 11 is 5.47. The van der Waals surface area contributed by atoms with Gasteiger partial charge in [-0.3, -0.25) is 0 Å². The van der Waals surface area contributed by atoms with Crippen molar-refractivity contribution in [3.05, 3.63) is 28.2 Å². The van der Waals surface area contributed by atoms with E-state index in [4.69, 9.17) is 4.74 Å². The number of thioether (sulfide) groups is 1. The molecular weight excluding hydrogens is 284 g/mol. The fourth-order valence-electron chi connectivity index (χ4n) is 1.35. The topological polar surface area (TPSA) is 9.23 Å². The molecule has 1 unspecified atom stereocenters. The van der Waals surface area contributed by atoms with Gasteiger partial charge in [-0.05, 0) is 29.9 Å². The fraction of sp³-hybridized carbons (Fsp3) is 0.538. The van der Waals surface area contributed by atoms with Crippen LogP contribution in [0.15, 0.2) is 22.7 Å². The molecule has 1 rings (SSSR count). The SMILES string of the molecule is CCC(C)CSCc1cc(Br)ccc1OC. The second-order valence-corrected chi connectivity index (χ2v) is 5.93. The molecular formula is C13H19BrOS. The first-order valence-electron chi connectivity index (χ1n) is 5.57. The van der Waals surface area contributed by atoms with E-state index in [1.165, 1.54) is 17.7 Å². The molecule has 90 valence electrons. The van der Waals surface area contributed by atoms with Crippen LogP contribution in [-0.4, -0.2) is 12.9 Å². The van der Waals surface area contributed by atoms with Crippen molar-refractivity contribution in [2.75, 3.05) is 12.9 Å². The van der Waals surface area contributed by atoms with Gasteiger partial charge in [0.15, 0.2) is 0 Å². The molecule has 1 nitrogen and oxygen atoms in total. The summed E-state index contributed by atoms with van der Waals surface area (Å²) in [4.78, 5) is 0. The Morgan fingerprint density at radius 1 is 1.44 bits per heavy atom. The third kappa shape index (κ3) is 4.38. The lowest BCUT2D eigenvalue weighted by Gasteiger charge is -2.11. The Morgan fingerprint density at radius 2 is 2.19 bits per heavy atom. The van der Waals surface area contributed by atoms with E-state index in [9.17, 15) is 0 Å². The first-order valence-corrected chi connectivity index (χ1v) is 7.52. The van der Waals surface area contributed by atoms with Gasteiger partial charge in [0.25, 0.3) is 0 Å². The van der Waals surface area contributed by atoms with Crippen LogP contribution in [0.5, 0.6) is 5.75 Å². The lowest BCUT2D eigenvalue weighted by Crippen LogP contribution is -1.97. The molecule has 1 aromatic rings. The average molecular weight is 303 g/mol. The van der Waals surface area contributed by atoms with Crippen molar-refractivity contribution in [3.8, 4) is 5.75 Å². The molecule has 0 radical (unpaired) electrons. The molecule has 0 aliphatic carbocycles. The zero-order chi connectivity index (χ0) is 12.0. The molecule has 0 spiro atoms. The van der Waals surface area contributed by atoms with E-state index in [1.807, 2.05) is 23.9 Å². The average Bonchev–Trinajstić information content (AvgIpc) is 2.29. The minimum absolute atomic E-state index is 0.795. The Bertz CT molecular complexity index is 328. The Morgan fingerprint density at radius 3 is 2.81 bits per heavy atom. The van der Waals surface area contributed by atoms with E-state index in [1.54, 1.807) is 7.11 Å². The van der Waals surface area contributed by atoms with Crippen molar-refractivity contribution in [1.29, 1.82) is 0 Å². The molecule has 16 heavy (non-hydrogen) atoms. The normalized spacial score (nSPS) is 12.5. The molecule has 0 aliphatic heterocycles. The number of hydrogen-bond acceptors (Lipinski definition) is 2. The summed E-state index contributed by atoms with van der Waals surface area (Å²) in [5.74, 6) is 4.02. The summed E-state index contributed by atoms with van der Waals surface area (Å²) in [7, 11) is 1.73. The van der Waals surface area contributed by atoms with Gasteiger partial charge in [-0.15, -0.1) is 0 Å². The maximum absolute atomic E-state index is 5.35. The Kier molecular flexibility index (Phi) is 6.29. The van der Waals surface area contributed by atoms with Crippen molar-refractivity contribution >= 4 is 27.7 Å². The van der Waals surface area contributed by atoms with Crippen LogP contribution in [-0.2, 0) is 5.75 Å². The minimum Gasteiger partial charge on any atom is -0.496 e. The van der Waals surface area contributed by atoms with Gasteiger partial charge in [-0.2, -0.15) is 11.8 Å². The third-order valence-corrected chi connectivity index (χ3v) is 4.41. The summed E-state index contributed by atoms with van der Waals surface area (Å²) in [5, 5.41) is 0. The highest BCUT2D eigenvalue weighted by Crippen LogP contribution is 2.27. The monoisotopic (exact) mass is 302 g/mol. The van der Waals surface area contributed by atoms with Crippen molar-refractivity contribution in [1.82, 2.24) is 0 Å². The molecule has 3 heteroatoms. The van der Waals surface area contributed by atoms with E-state index in [0.717, 1.165) is 21.9 Å². The summed E-state index contributed by atoms with van der Waals surface area (Å²) in [6.45, 7) is 4.54. The predicted octanol–water partition coefficient (Wildman–Crippen LogP) is 4.74. The van der Waals surface area contributed by atoms with Gasteiger partial charge in [0, 0.05) is 15.8 Å². The summed E-state index contributed by atoms with van der Waals surface area (Å²) in [5.41, 5.74) is 1.27. The highest BCUT2D eigenvalue weighted by molar-refractivity contribution is 9.10. The maximum atomic E-state index is 5.35. The van der Waals surface area contributed by atoms with Crippen LogP contribution in [0.3, 0.4) is 0 Å². The number of rotatable bonds is 6. The van der Waals surface area contributed by atoms with E-state index in [0.29, 0.717) is 0 Å². The first kappa shape index (κ1) is 13.9. The van der Waals surface area contributed by atoms with Gasteiger partial charge in [-0.25, -0.2) is 0 Å². The molecule has 1 atom stereocenters. The van der Waals surface area contributed by atoms with Crippen molar-refractivity contribution in [3.63, 3.8) is 0 Å². The highest BCUT2D eigenvalue weighted by atomic mass is 79.9. The van der Waals surface area contributed by atoms with Crippen molar-refractivity contribution in [2.45, 2.75) is 26.0 Å². The molecule has 0 saturated heterocycles. The molecule has 0 amide bonds. The van der Waals surface area contributed by atoms with Gasteiger partial charge < -0.3 is 4.74 Å². The number of halogens is 1. The van der Waals surface area contributed by atoms with Crippen LogP contribution in [0.25, 0.3) is 0 Å². The number of benzene rings is 1. The summed E-state index contributed by atoms with van der Waals surface area (Å²) < 4.78 is 6.47. The van der Waals surface area contributed by atoms with Crippen molar-refractivity contribution < 1.29 is 4.74 Å². The van der Waals surface area contributed by atoms with Gasteiger partial charge in [-0.1, -0.05) is 36.2 Å². The highest BCUT2D eigenvalue weighted by Gasteiger charge is 2.05. The van der Waals surface area contributed by atoms with Gasteiger partial charge in [0.2, 0.25) is 0 Å². The predicted molar refractivity (Wildman–Crippen MR) is 76.3 cm³/mol. The quantitative estimate of drug-likeness (QED) is 0.751. The molecule has 0 heterocycles. The van der Waals surface area contributed by atoms with E-state index in [-0.39, 0.29) is 0 Å². The van der Waals surface area contributed by atoms with Crippen LogP contribution in [0.2, 0.25) is 0 Å². The van der Waals surface area contributed by atoms with Crippen molar-refractivity contribution in [2.24, 2.45) is 5.92 Å². The van der Waals surface area contributed by atoms with Crippen LogP contribution < -0.4 is 4.74 Å². The van der Waals surface area contributed by atoms with Crippen LogP contribution in [0.4, 0.5) is 0 Å². The molecule has 1 aromatic carbocycles. The zero-order valence-corrected chi connectivity index (χ0v) is 12.5. The number of hydrogen-bond donors (Lipinski definition) is 0. The van der Waals surface area contributed by atoms with Gasteiger partial charge >= 0.3 is 0 Å². The second-order valence-electron chi connectivity index (χ2n) is 3.98. The third-order valence-electron chi connectivity index (χ3n) is 2.60. The first-order chi connectivity index (χ1) is 7.67. The molecule has 0 aliphatic rings. The van der Waals surface area contributed by atoms with E-state index in [2.05, 4.69) is 35.8 Å². The van der Waals surface area contributed by atoms with Gasteiger partial charge in [0.05, 0.1) is 7.11 Å². The minimum atomic E-state index is 0.795. The Labute approximate surface area is 111 Å². The molecule has 0 bridgehead atoms. The summed E-state index contributed by atoms with van der Waals surface area (Å²) in [6.07, 6.45) is 1.25. The van der Waals surface area contributed by atoms with E-state index >= 15 is 0 Å². The van der Waals surface area contributed by atoms with Crippen LogP contribution in [0.1, 0.15) is 25.8 Å². The largest absolute Gasteiger partial charge is 0.496 e. The molecule has 0 aromatic heterocycles. The van der Waals surface area contributed by atoms with Crippen LogP contribution >= 0.6 is 27.7 Å². The standard InChI is InChI=1S/C13H19BrOS/c1-4-10(2)8-16-9-11-7-12(14)5-6-13(11)15-3/h5-7,10H,4,8-9H2,1-3H3. The lowest BCUT2D eigenvalue weighted by atomic mass is 10.2. The summed E-state index contributed by atoms with van der Waals surface area (Å²) in [6, 6.07) is 6.17. The Hall–Kier alpha value is -0.150.